The second kappa shape index (κ2) is 18.9. The van der Waals surface area contributed by atoms with E-state index in [2.05, 4.69) is 6.92 Å². The first-order valence-corrected chi connectivity index (χ1v) is 12.8. The molecule has 0 aliphatic carbocycles. The fourth-order valence-electron chi connectivity index (χ4n) is 4.20. The van der Waals surface area contributed by atoms with Crippen molar-refractivity contribution in [3.63, 3.8) is 0 Å². The van der Waals surface area contributed by atoms with Crippen molar-refractivity contribution < 1.29 is 10.2 Å². The van der Waals surface area contributed by atoms with Gasteiger partial charge in [-0.15, -0.1) is 0 Å². The molecule has 0 fully saturated rings. The minimum Gasteiger partial charge on any atom is -0.494 e. The predicted octanol–water partition coefficient (Wildman–Crippen LogP) is 8.72. The Morgan fingerprint density at radius 2 is 0.759 bits per heavy atom. The highest BCUT2D eigenvalue weighted by atomic mass is 16.3. The summed E-state index contributed by atoms with van der Waals surface area (Å²) < 4.78 is 1.58. The second-order valence-corrected chi connectivity index (χ2v) is 8.92. The van der Waals surface area contributed by atoms with Crippen molar-refractivity contribution in [3.05, 3.63) is 12.1 Å². The average Bonchev–Trinajstić information content (AvgIpc) is 3.04. The van der Waals surface area contributed by atoms with Crippen molar-refractivity contribution in [2.24, 2.45) is 0 Å². The number of rotatable bonds is 21. The van der Waals surface area contributed by atoms with Gasteiger partial charge in [-0.3, -0.25) is 4.57 Å². The summed E-state index contributed by atoms with van der Waals surface area (Å²) in [5, 5.41) is 19.2. The lowest BCUT2D eigenvalue weighted by atomic mass is 10.0. The van der Waals surface area contributed by atoms with Gasteiger partial charge in [0.1, 0.15) is 0 Å². The summed E-state index contributed by atoms with van der Waals surface area (Å²) in [6.45, 7) is 3.00. The van der Waals surface area contributed by atoms with Crippen LogP contribution in [0.4, 0.5) is 0 Å². The summed E-state index contributed by atoms with van der Waals surface area (Å²) in [6.07, 6.45) is 27.6. The van der Waals surface area contributed by atoms with Gasteiger partial charge in [0.05, 0.1) is 0 Å². The van der Waals surface area contributed by atoms with Gasteiger partial charge in [-0.2, -0.15) is 0 Å². The summed E-state index contributed by atoms with van der Waals surface area (Å²) in [5.74, 6) is 0.334. The zero-order chi connectivity index (χ0) is 21.0. The SMILES string of the molecule is CCCCCCCCCCCCCCCCCCCCCCn1c(O)ccc1O. The van der Waals surface area contributed by atoms with Crippen LogP contribution < -0.4 is 0 Å². The van der Waals surface area contributed by atoms with Crippen LogP contribution in [0.1, 0.15) is 135 Å². The zero-order valence-corrected chi connectivity index (χ0v) is 19.3. The van der Waals surface area contributed by atoms with E-state index in [-0.39, 0.29) is 11.8 Å². The highest BCUT2D eigenvalue weighted by molar-refractivity contribution is 5.23. The highest BCUT2D eigenvalue weighted by Crippen LogP contribution is 2.22. The molecule has 0 saturated heterocycles. The van der Waals surface area contributed by atoms with E-state index in [1.807, 2.05) is 0 Å². The molecule has 0 unspecified atom stereocenters. The van der Waals surface area contributed by atoms with Gasteiger partial charge in [0, 0.05) is 18.7 Å². The fraction of sp³-hybridized carbons (Fsp3) is 0.846. The Balaban J connectivity index is 1.71. The van der Waals surface area contributed by atoms with Gasteiger partial charge >= 0.3 is 0 Å². The third kappa shape index (κ3) is 14.5. The van der Waals surface area contributed by atoms with E-state index >= 15 is 0 Å². The molecule has 0 aromatic carbocycles. The highest BCUT2D eigenvalue weighted by Gasteiger charge is 2.04. The second-order valence-electron chi connectivity index (χ2n) is 8.92. The van der Waals surface area contributed by atoms with Crippen LogP contribution in [0.3, 0.4) is 0 Å². The molecule has 1 heterocycles. The molecule has 0 atom stereocenters. The molecule has 1 rings (SSSR count). The first-order chi connectivity index (χ1) is 14.3. The van der Waals surface area contributed by atoms with Crippen LogP contribution >= 0.6 is 0 Å². The summed E-state index contributed by atoms with van der Waals surface area (Å²) in [4.78, 5) is 0. The third-order valence-electron chi connectivity index (χ3n) is 6.17. The number of aromatic nitrogens is 1. The van der Waals surface area contributed by atoms with Crippen molar-refractivity contribution in [2.75, 3.05) is 0 Å². The van der Waals surface area contributed by atoms with Crippen molar-refractivity contribution in [1.82, 2.24) is 4.57 Å². The zero-order valence-electron chi connectivity index (χ0n) is 19.3. The monoisotopic (exact) mass is 407 g/mol. The van der Waals surface area contributed by atoms with Crippen LogP contribution in [0.25, 0.3) is 0 Å². The number of aromatic hydroxyl groups is 2. The van der Waals surface area contributed by atoms with E-state index in [0.717, 1.165) is 6.42 Å². The Kier molecular flexibility index (Phi) is 16.9. The molecule has 3 heteroatoms. The Bertz CT molecular complexity index is 450. The largest absolute Gasteiger partial charge is 0.494 e. The van der Waals surface area contributed by atoms with Gasteiger partial charge in [-0.1, -0.05) is 129 Å². The summed E-state index contributed by atoms with van der Waals surface area (Å²) in [5.41, 5.74) is 0. The maximum Gasteiger partial charge on any atom is 0.193 e. The van der Waals surface area contributed by atoms with E-state index in [4.69, 9.17) is 0 Å². The van der Waals surface area contributed by atoms with Crippen LogP contribution in [0.5, 0.6) is 11.8 Å². The maximum atomic E-state index is 9.59. The quantitative estimate of drug-likeness (QED) is 0.200. The summed E-state index contributed by atoms with van der Waals surface area (Å²) >= 11 is 0. The normalized spacial score (nSPS) is 11.3. The molecule has 1 aromatic rings. The molecule has 170 valence electrons. The molecule has 3 nitrogen and oxygen atoms in total. The molecule has 2 N–H and O–H groups in total. The minimum atomic E-state index is 0.167. The summed E-state index contributed by atoms with van der Waals surface area (Å²) in [7, 11) is 0. The van der Waals surface area contributed by atoms with Crippen LogP contribution in [-0.2, 0) is 6.54 Å². The maximum absolute atomic E-state index is 9.59. The van der Waals surface area contributed by atoms with Gasteiger partial charge in [-0.25, -0.2) is 0 Å². The van der Waals surface area contributed by atoms with Crippen LogP contribution in [0.15, 0.2) is 12.1 Å². The molecule has 0 bridgehead atoms. The van der Waals surface area contributed by atoms with Crippen LogP contribution in [0.2, 0.25) is 0 Å². The van der Waals surface area contributed by atoms with Crippen molar-refractivity contribution >= 4 is 0 Å². The smallest absolute Gasteiger partial charge is 0.193 e. The molecule has 0 aliphatic heterocycles. The predicted molar refractivity (Wildman–Crippen MR) is 126 cm³/mol. The van der Waals surface area contributed by atoms with Gasteiger partial charge < -0.3 is 10.2 Å². The lowest BCUT2D eigenvalue weighted by Gasteiger charge is -2.06. The third-order valence-corrected chi connectivity index (χ3v) is 6.17. The van der Waals surface area contributed by atoms with Gasteiger partial charge in [0.2, 0.25) is 0 Å². The molecule has 0 radical (unpaired) electrons. The van der Waals surface area contributed by atoms with E-state index in [0.29, 0.717) is 6.54 Å². The fourth-order valence-corrected chi connectivity index (χ4v) is 4.20. The van der Waals surface area contributed by atoms with Crippen LogP contribution in [0, 0.1) is 0 Å². The topological polar surface area (TPSA) is 45.4 Å². The molecule has 1 aromatic heterocycles. The molecule has 0 aliphatic rings. The average molecular weight is 408 g/mol. The van der Waals surface area contributed by atoms with Crippen molar-refractivity contribution in [2.45, 2.75) is 142 Å². The number of hydrogen-bond acceptors (Lipinski definition) is 2. The summed E-state index contributed by atoms with van der Waals surface area (Å²) in [6, 6.07) is 3.09. The van der Waals surface area contributed by atoms with E-state index < -0.39 is 0 Å². The van der Waals surface area contributed by atoms with Gasteiger partial charge in [0.25, 0.3) is 0 Å². The molecule has 0 saturated carbocycles. The molecule has 0 amide bonds. The number of hydrogen-bond donors (Lipinski definition) is 2. The van der Waals surface area contributed by atoms with Crippen molar-refractivity contribution in [1.29, 1.82) is 0 Å². The Hall–Kier alpha value is -1.12. The lowest BCUT2D eigenvalue weighted by Crippen LogP contribution is -1.96. The van der Waals surface area contributed by atoms with Crippen molar-refractivity contribution in [3.8, 4) is 11.8 Å². The number of unbranched alkanes of at least 4 members (excludes halogenated alkanes) is 19. The first-order valence-electron chi connectivity index (χ1n) is 12.8. The van der Waals surface area contributed by atoms with Gasteiger partial charge in [0.15, 0.2) is 11.8 Å². The Morgan fingerprint density at radius 3 is 1.07 bits per heavy atom. The van der Waals surface area contributed by atoms with Gasteiger partial charge in [-0.05, 0) is 6.42 Å². The lowest BCUT2D eigenvalue weighted by molar-refractivity contribution is 0.361. The molecule has 29 heavy (non-hydrogen) atoms. The van der Waals surface area contributed by atoms with E-state index in [1.54, 1.807) is 16.7 Å². The standard InChI is InChI=1S/C26H49NO2/c1-2-3-4-5-6-7-8-9-10-11-12-13-14-15-16-17-18-19-20-21-24-27-25(28)22-23-26(27)29/h22-23,28-29H,2-21,24H2,1H3. The van der Waals surface area contributed by atoms with E-state index in [9.17, 15) is 10.2 Å². The Morgan fingerprint density at radius 1 is 0.483 bits per heavy atom. The van der Waals surface area contributed by atoms with E-state index in [1.165, 1.54) is 122 Å². The van der Waals surface area contributed by atoms with Crippen LogP contribution in [-0.4, -0.2) is 14.8 Å². The first kappa shape index (κ1) is 25.9. The molecular formula is C26H49NO2. The minimum absolute atomic E-state index is 0.167. The number of nitrogens with zero attached hydrogens (tertiary/aromatic N) is 1. The Labute approximate surface area is 180 Å². The molecule has 0 spiro atoms. The molecular weight excluding hydrogens is 358 g/mol.